The molecule has 0 aromatic heterocycles. The normalized spacial score (nSPS) is 10.2. The predicted molar refractivity (Wildman–Crippen MR) is 64.6 cm³/mol. The number of rotatable bonds is 3. The van der Waals surface area contributed by atoms with E-state index < -0.39 is 0 Å². The average molecular weight is 231 g/mol. The zero-order valence-corrected chi connectivity index (χ0v) is 9.35. The van der Waals surface area contributed by atoms with Crippen molar-refractivity contribution < 1.29 is 9.30 Å². The van der Waals surface area contributed by atoms with Crippen molar-refractivity contribution in [1.82, 2.24) is 0 Å². The Balaban J connectivity index is 2.26. The van der Waals surface area contributed by atoms with Gasteiger partial charge in [0.2, 0.25) is 0 Å². The van der Waals surface area contributed by atoms with Gasteiger partial charge in [0, 0.05) is 5.69 Å². The molecule has 2 rings (SSSR count). The molecule has 0 spiro atoms. The molecule has 2 N–H and O–H groups in total. The molecule has 0 unspecified atom stereocenters. The number of benzene rings is 2. The first-order chi connectivity index (χ1) is 7.79. The van der Waals surface area contributed by atoms with Gasteiger partial charge in [-0.25, -0.2) is 0 Å². The number of nitrogens with two attached hydrogens (primary N) is 1. The molecule has 0 atom stereocenters. The predicted octanol–water partition coefficient (Wildman–Crippen LogP) is 2.98. The summed E-state index contributed by atoms with van der Waals surface area (Å²) < 4.78 is 16.5. The van der Waals surface area contributed by atoms with Crippen molar-refractivity contribution in [2.75, 3.05) is 5.73 Å². The van der Waals surface area contributed by atoms with E-state index in [9.17, 15) is 4.57 Å². The summed E-state index contributed by atoms with van der Waals surface area (Å²) in [6, 6.07) is 14.2. The van der Waals surface area contributed by atoms with E-state index in [0.29, 0.717) is 22.5 Å². The quantitative estimate of drug-likeness (QED) is 0.652. The van der Waals surface area contributed by atoms with Crippen molar-refractivity contribution in [2.45, 2.75) is 0 Å². The lowest BCUT2D eigenvalue weighted by molar-refractivity contribution is 0.486. The number of para-hydroxylation sites is 1. The van der Waals surface area contributed by atoms with Gasteiger partial charge in [-0.05, 0) is 36.4 Å². The number of anilines is 1. The fourth-order valence-electron chi connectivity index (χ4n) is 1.28. The SMILES string of the molecule is Nc1ccc(Oc2ccccc2P=O)cc1. The summed E-state index contributed by atoms with van der Waals surface area (Å²) in [7, 11) is -0.0517. The van der Waals surface area contributed by atoms with Crippen molar-refractivity contribution in [3.63, 3.8) is 0 Å². The minimum Gasteiger partial charge on any atom is -0.456 e. The van der Waals surface area contributed by atoms with Gasteiger partial charge < -0.3 is 10.5 Å². The summed E-state index contributed by atoms with van der Waals surface area (Å²) in [5.74, 6) is 1.26. The van der Waals surface area contributed by atoms with Gasteiger partial charge in [-0.1, -0.05) is 12.1 Å². The monoisotopic (exact) mass is 231 g/mol. The molecule has 0 aliphatic carbocycles. The van der Waals surface area contributed by atoms with E-state index in [1.54, 1.807) is 36.4 Å². The second kappa shape index (κ2) is 4.77. The van der Waals surface area contributed by atoms with Gasteiger partial charge in [-0.2, -0.15) is 0 Å². The Labute approximate surface area is 95.1 Å². The van der Waals surface area contributed by atoms with Gasteiger partial charge in [0.25, 0.3) is 0 Å². The molecule has 0 saturated carbocycles. The van der Waals surface area contributed by atoms with Crippen LogP contribution in [0.15, 0.2) is 48.5 Å². The Morgan fingerprint density at radius 1 is 1.00 bits per heavy atom. The lowest BCUT2D eigenvalue weighted by Crippen LogP contribution is -1.97. The Bertz CT molecular complexity index is 497. The molecule has 3 nitrogen and oxygen atoms in total. The summed E-state index contributed by atoms with van der Waals surface area (Å²) in [6.45, 7) is 0. The summed E-state index contributed by atoms with van der Waals surface area (Å²) in [5.41, 5.74) is 6.25. The van der Waals surface area contributed by atoms with Crippen LogP contribution >= 0.6 is 8.46 Å². The van der Waals surface area contributed by atoms with Crippen LogP contribution in [0.5, 0.6) is 11.5 Å². The van der Waals surface area contributed by atoms with E-state index >= 15 is 0 Å². The molecule has 0 fully saturated rings. The third-order valence-electron chi connectivity index (χ3n) is 2.07. The van der Waals surface area contributed by atoms with Crippen LogP contribution in [0.2, 0.25) is 0 Å². The molecule has 0 amide bonds. The molecule has 0 saturated heterocycles. The second-order valence-corrected chi connectivity index (χ2v) is 3.89. The fraction of sp³-hybridized carbons (Fsp3) is 0. The van der Waals surface area contributed by atoms with Gasteiger partial charge in [0.1, 0.15) is 11.5 Å². The lowest BCUT2D eigenvalue weighted by atomic mass is 10.3. The van der Waals surface area contributed by atoms with E-state index in [-0.39, 0.29) is 8.46 Å². The molecule has 0 bridgehead atoms. The summed E-state index contributed by atoms with van der Waals surface area (Å²) >= 11 is 0. The highest BCUT2D eigenvalue weighted by molar-refractivity contribution is 7.34. The molecule has 16 heavy (non-hydrogen) atoms. The number of nitrogen functional groups attached to an aromatic ring is 1. The smallest absolute Gasteiger partial charge is 0.196 e. The van der Waals surface area contributed by atoms with E-state index in [4.69, 9.17) is 10.5 Å². The van der Waals surface area contributed by atoms with Crippen LogP contribution < -0.4 is 15.8 Å². The maximum atomic E-state index is 10.9. The van der Waals surface area contributed by atoms with Crippen molar-refractivity contribution >= 4 is 19.5 Å². The Kier molecular flexibility index (Phi) is 3.18. The van der Waals surface area contributed by atoms with Gasteiger partial charge in [0.05, 0.1) is 5.30 Å². The molecular formula is C12H10NO2P. The van der Waals surface area contributed by atoms with Crippen LogP contribution in [0.25, 0.3) is 0 Å². The van der Waals surface area contributed by atoms with Crippen molar-refractivity contribution in [3.8, 4) is 11.5 Å². The highest BCUT2D eigenvalue weighted by Crippen LogP contribution is 2.22. The van der Waals surface area contributed by atoms with E-state index in [0.717, 1.165) is 0 Å². The van der Waals surface area contributed by atoms with E-state index in [2.05, 4.69) is 0 Å². The molecule has 0 aliphatic rings. The first-order valence-corrected chi connectivity index (χ1v) is 5.56. The third-order valence-corrected chi connectivity index (χ3v) is 2.64. The number of hydrogen-bond acceptors (Lipinski definition) is 3. The zero-order chi connectivity index (χ0) is 11.4. The average Bonchev–Trinajstić information content (AvgIpc) is 2.33. The molecule has 2 aromatic carbocycles. The minimum atomic E-state index is -0.0517. The van der Waals surface area contributed by atoms with Crippen molar-refractivity contribution in [1.29, 1.82) is 0 Å². The largest absolute Gasteiger partial charge is 0.456 e. The first-order valence-electron chi connectivity index (χ1n) is 4.75. The molecular weight excluding hydrogens is 221 g/mol. The second-order valence-electron chi connectivity index (χ2n) is 3.23. The van der Waals surface area contributed by atoms with Gasteiger partial charge >= 0.3 is 0 Å². The maximum absolute atomic E-state index is 10.9. The molecule has 4 heteroatoms. The van der Waals surface area contributed by atoms with Gasteiger partial charge in [0.15, 0.2) is 8.46 Å². The molecule has 2 aromatic rings. The Morgan fingerprint density at radius 3 is 2.38 bits per heavy atom. The topological polar surface area (TPSA) is 52.3 Å². The summed E-state index contributed by atoms with van der Waals surface area (Å²) in [6.07, 6.45) is 0. The van der Waals surface area contributed by atoms with Crippen LogP contribution in [0.1, 0.15) is 0 Å². The van der Waals surface area contributed by atoms with Gasteiger partial charge in [-0.3, -0.25) is 4.57 Å². The molecule has 80 valence electrons. The molecule has 0 heterocycles. The third kappa shape index (κ3) is 2.38. The minimum absolute atomic E-state index is 0.0517. The van der Waals surface area contributed by atoms with E-state index in [1.807, 2.05) is 12.1 Å². The summed E-state index contributed by atoms with van der Waals surface area (Å²) in [5, 5.41) is 0.624. The number of hydrogen-bond donors (Lipinski definition) is 1. The first kappa shape index (κ1) is 10.7. The maximum Gasteiger partial charge on any atom is 0.196 e. The Morgan fingerprint density at radius 2 is 1.69 bits per heavy atom. The zero-order valence-electron chi connectivity index (χ0n) is 8.46. The van der Waals surface area contributed by atoms with E-state index in [1.165, 1.54) is 0 Å². The highest BCUT2D eigenvalue weighted by Gasteiger charge is 2.03. The standard InChI is InChI=1S/C12H10NO2P/c13-9-5-7-10(8-6-9)15-11-3-1-2-4-12(11)16-14/h1-8H,13H2. The highest BCUT2D eigenvalue weighted by atomic mass is 31.1. The summed E-state index contributed by atoms with van der Waals surface area (Å²) in [4.78, 5) is 0. The number of ether oxygens (including phenoxy) is 1. The van der Waals surface area contributed by atoms with Gasteiger partial charge in [-0.15, -0.1) is 0 Å². The van der Waals surface area contributed by atoms with Crippen LogP contribution in [-0.4, -0.2) is 0 Å². The fourth-order valence-corrected chi connectivity index (χ4v) is 1.64. The molecule has 0 aliphatic heterocycles. The molecule has 0 radical (unpaired) electrons. The van der Waals surface area contributed by atoms with Crippen molar-refractivity contribution in [3.05, 3.63) is 48.5 Å². The van der Waals surface area contributed by atoms with Crippen LogP contribution in [0.4, 0.5) is 5.69 Å². The van der Waals surface area contributed by atoms with Crippen LogP contribution in [0, 0.1) is 0 Å². The van der Waals surface area contributed by atoms with Crippen LogP contribution in [0.3, 0.4) is 0 Å². The Hall–Kier alpha value is -1.86. The lowest BCUT2D eigenvalue weighted by Gasteiger charge is -2.06. The van der Waals surface area contributed by atoms with Crippen molar-refractivity contribution in [2.24, 2.45) is 0 Å². The van der Waals surface area contributed by atoms with Crippen LogP contribution in [-0.2, 0) is 4.57 Å².